The maximum atomic E-state index is 13.0. The molecule has 92 valence electrons. The zero-order valence-corrected chi connectivity index (χ0v) is 10.1. The van der Waals surface area contributed by atoms with E-state index in [0.29, 0.717) is 11.0 Å². The van der Waals surface area contributed by atoms with E-state index in [0.717, 1.165) is 0 Å². The van der Waals surface area contributed by atoms with Crippen LogP contribution in [-0.4, -0.2) is 9.97 Å². The molecular weight excluding hydrogens is 285 g/mol. The van der Waals surface area contributed by atoms with Crippen LogP contribution < -0.4 is 0 Å². The number of aromatic nitrogens is 2. The lowest BCUT2D eigenvalue weighted by Gasteiger charge is -2.05. The van der Waals surface area contributed by atoms with Gasteiger partial charge in [-0.1, -0.05) is 23.7 Å². The third-order valence-electron chi connectivity index (χ3n) is 2.43. The van der Waals surface area contributed by atoms with Crippen LogP contribution in [0.25, 0.3) is 22.1 Å². The van der Waals surface area contributed by atoms with Crippen LogP contribution in [-0.2, 0) is 5.38 Å². The van der Waals surface area contributed by atoms with Crippen molar-refractivity contribution < 1.29 is 13.2 Å². The number of benzene rings is 1. The molecule has 3 rings (SSSR count). The summed E-state index contributed by atoms with van der Waals surface area (Å²) in [5.41, 5.74) is 0.891. The van der Waals surface area contributed by atoms with Crippen LogP contribution in [0.3, 0.4) is 0 Å². The fourth-order valence-corrected chi connectivity index (χ4v) is 1.98. The molecule has 0 bridgehead atoms. The summed E-state index contributed by atoms with van der Waals surface area (Å²) in [6.45, 7) is 0. The summed E-state index contributed by atoms with van der Waals surface area (Å²) >= 11 is 10.7. The number of furan rings is 1. The van der Waals surface area contributed by atoms with Gasteiger partial charge in [-0.25, -0.2) is 9.97 Å². The molecule has 2 heterocycles. The molecular formula is C11H4Cl2F2N2O. The zero-order chi connectivity index (χ0) is 12.9. The molecule has 2 aromatic heterocycles. The first kappa shape index (κ1) is 11.6. The molecule has 0 saturated heterocycles. The van der Waals surface area contributed by atoms with Crippen molar-refractivity contribution in [3.63, 3.8) is 0 Å². The molecule has 1 aromatic carbocycles. The molecule has 0 aliphatic heterocycles. The highest BCUT2D eigenvalue weighted by atomic mass is 35.5. The summed E-state index contributed by atoms with van der Waals surface area (Å²) < 4.78 is 31.4. The van der Waals surface area contributed by atoms with E-state index in [-0.39, 0.29) is 16.3 Å². The van der Waals surface area contributed by atoms with Crippen LogP contribution in [0.5, 0.6) is 0 Å². The summed E-state index contributed by atoms with van der Waals surface area (Å²) in [6.07, 6.45) is 0. The van der Waals surface area contributed by atoms with Gasteiger partial charge in [-0.15, -0.1) is 0 Å². The van der Waals surface area contributed by atoms with Gasteiger partial charge in [0.05, 0.1) is 0 Å². The van der Waals surface area contributed by atoms with Crippen molar-refractivity contribution in [2.45, 2.75) is 5.38 Å². The summed E-state index contributed by atoms with van der Waals surface area (Å²) in [5, 5.41) is -3.28. The highest BCUT2D eigenvalue weighted by Crippen LogP contribution is 2.35. The predicted octanol–water partition coefficient (Wildman–Crippen LogP) is 4.32. The number of nitrogens with zero attached hydrogens (tertiary/aromatic N) is 2. The molecule has 3 nitrogen and oxygen atoms in total. The van der Waals surface area contributed by atoms with Crippen molar-refractivity contribution in [3.8, 4) is 0 Å². The summed E-state index contributed by atoms with van der Waals surface area (Å²) in [4.78, 5) is 7.17. The van der Waals surface area contributed by atoms with Crippen LogP contribution in [0.15, 0.2) is 28.7 Å². The highest BCUT2D eigenvalue weighted by Gasteiger charge is 2.33. The second-order valence-electron chi connectivity index (χ2n) is 3.61. The zero-order valence-electron chi connectivity index (χ0n) is 8.62. The van der Waals surface area contributed by atoms with Crippen molar-refractivity contribution in [2.75, 3.05) is 0 Å². The molecule has 0 spiro atoms. The van der Waals surface area contributed by atoms with Gasteiger partial charge in [0.2, 0.25) is 5.82 Å². The summed E-state index contributed by atoms with van der Waals surface area (Å²) in [7, 11) is 0. The Morgan fingerprint density at radius 3 is 2.61 bits per heavy atom. The van der Waals surface area contributed by atoms with E-state index < -0.39 is 11.2 Å². The minimum atomic E-state index is -3.67. The van der Waals surface area contributed by atoms with Crippen LogP contribution >= 0.6 is 23.2 Å². The molecule has 0 amide bonds. The fraction of sp³-hybridized carbons (Fsp3) is 0.0909. The SMILES string of the molecule is FC(F)(Cl)c1nc(Cl)c2oc3ccccc3c2n1. The van der Waals surface area contributed by atoms with Gasteiger partial charge in [-0.2, -0.15) is 8.78 Å². The predicted molar refractivity (Wildman–Crippen MR) is 64.1 cm³/mol. The van der Waals surface area contributed by atoms with Gasteiger partial charge in [0.1, 0.15) is 11.1 Å². The summed E-state index contributed by atoms with van der Waals surface area (Å²) in [5.74, 6) is -0.840. The van der Waals surface area contributed by atoms with Gasteiger partial charge >= 0.3 is 5.38 Å². The van der Waals surface area contributed by atoms with Gasteiger partial charge in [0.25, 0.3) is 0 Å². The van der Waals surface area contributed by atoms with Crippen molar-refractivity contribution in [2.24, 2.45) is 0 Å². The number of para-hydroxylation sites is 1. The number of alkyl halides is 3. The van der Waals surface area contributed by atoms with E-state index >= 15 is 0 Å². The highest BCUT2D eigenvalue weighted by molar-refractivity contribution is 6.34. The van der Waals surface area contributed by atoms with E-state index in [1.54, 1.807) is 24.3 Å². The first-order chi connectivity index (χ1) is 8.47. The van der Waals surface area contributed by atoms with Crippen molar-refractivity contribution >= 4 is 45.3 Å². The lowest BCUT2D eigenvalue weighted by atomic mass is 10.2. The molecule has 7 heteroatoms. The normalized spacial score (nSPS) is 12.4. The lowest BCUT2D eigenvalue weighted by Crippen LogP contribution is -2.09. The van der Waals surface area contributed by atoms with Gasteiger partial charge in [0.15, 0.2) is 10.7 Å². The van der Waals surface area contributed by atoms with Crippen LogP contribution in [0.4, 0.5) is 8.78 Å². The van der Waals surface area contributed by atoms with E-state index in [9.17, 15) is 8.78 Å². The molecule has 0 aliphatic carbocycles. The monoisotopic (exact) mass is 288 g/mol. The Bertz CT molecular complexity index is 752. The topological polar surface area (TPSA) is 38.9 Å². The molecule has 0 fully saturated rings. The van der Waals surface area contributed by atoms with Crippen molar-refractivity contribution in [3.05, 3.63) is 35.2 Å². The van der Waals surface area contributed by atoms with Crippen LogP contribution in [0.1, 0.15) is 5.82 Å². The number of hydrogen-bond donors (Lipinski definition) is 0. The molecule has 18 heavy (non-hydrogen) atoms. The minimum absolute atomic E-state index is 0.169. The number of halogens is 4. The second kappa shape index (κ2) is 3.76. The molecule has 0 unspecified atom stereocenters. The Morgan fingerprint density at radius 1 is 1.17 bits per heavy atom. The third kappa shape index (κ3) is 1.71. The average molecular weight is 289 g/mol. The van der Waals surface area contributed by atoms with Gasteiger partial charge in [-0.05, 0) is 23.7 Å². The smallest absolute Gasteiger partial charge is 0.381 e. The number of fused-ring (bicyclic) bond motifs is 3. The molecule has 0 atom stereocenters. The van der Waals surface area contributed by atoms with Gasteiger partial charge in [0, 0.05) is 5.39 Å². The van der Waals surface area contributed by atoms with E-state index in [1.165, 1.54) is 0 Å². The Hall–Kier alpha value is -1.46. The first-order valence-corrected chi connectivity index (χ1v) is 5.64. The Kier molecular flexibility index (Phi) is 2.43. The Labute approximate surface area is 109 Å². The molecule has 0 N–H and O–H groups in total. The minimum Gasteiger partial charge on any atom is -0.451 e. The van der Waals surface area contributed by atoms with Crippen LogP contribution in [0, 0.1) is 0 Å². The Morgan fingerprint density at radius 2 is 1.89 bits per heavy atom. The van der Waals surface area contributed by atoms with E-state index in [2.05, 4.69) is 9.97 Å². The average Bonchev–Trinajstić information content (AvgIpc) is 2.67. The number of hydrogen-bond acceptors (Lipinski definition) is 3. The first-order valence-electron chi connectivity index (χ1n) is 4.89. The van der Waals surface area contributed by atoms with Crippen LogP contribution in [0.2, 0.25) is 5.15 Å². The maximum Gasteiger partial charge on any atom is 0.381 e. The largest absolute Gasteiger partial charge is 0.451 e. The molecule has 0 radical (unpaired) electrons. The number of rotatable bonds is 1. The fourth-order valence-electron chi connectivity index (χ4n) is 1.68. The molecule has 3 aromatic rings. The van der Waals surface area contributed by atoms with Gasteiger partial charge < -0.3 is 4.42 Å². The third-order valence-corrected chi connectivity index (χ3v) is 2.86. The van der Waals surface area contributed by atoms with E-state index in [4.69, 9.17) is 27.6 Å². The lowest BCUT2D eigenvalue weighted by molar-refractivity contribution is 0.0849. The molecule has 0 saturated carbocycles. The van der Waals surface area contributed by atoms with Gasteiger partial charge in [-0.3, -0.25) is 0 Å². The molecule has 0 aliphatic rings. The quantitative estimate of drug-likeness (QED) is 0.494. The Balaban J connectivity index is 2.44. The van der Waals surface area contributed by atoms with E-state index in [1.807, 2.05) is 0 Å². The van der Waals surface area contributed by atoms with Crippen molar-refractivity contribution in [1.29, 1.82) is 0 Å². The van der Waals surface area contributed by atoms with Crippen molar-refractivity contribution in [1.82, 2.24) is 9.97 Å². The second-order valence-corrected chi connectivity index (χ2v) is 4.44. The summed E-state index contributed by atoms with van der Waals surface area (Å²) in [6, 6.07) is 6.88. The standard InChI is InChI=1S/C11H4Cl2F2N2O/c12-9-8-7(16-10(17-9)11(13,14)15)5-3-1-2-4-6(5)18-8/h1-4H. The maximum absolute atomic E-state index is 13.0.